The molecule has 0 spiro atoms. The molecule has 1 N–H and O–H groups in total. The SMILES string of the molecule is COC(=O)[C@H](CCSC)NC(=O)c1ccc(CN(C)CCC2=CCCCC2)cc1-c1ccccc1C.[Li]. The molecule has 37 heavy (non-hydrogen) atoms. The topological polar surface area (TPSA) is 58.6 Å². The third-order valence-corrected chi connectivity index (χ3v) is 7.46. The number of benzene rings is 2. The molecule has 2 aromatic carbocycles. The van der Waals surface area contributed by atoms with Crippen LogP contribution in [0.5, 0.6) is 0 Å². The Hall–Kier alpha value is -1.97. The predicted molar refractivity (Wildman–Crippen MR) is 156 cm³/mol. The number of hydrogen-bond donors (Lipinski definition) is 1. The van der Waals surface area contributed by atoms with Gasteiger partial charge in [0.05, 0.1) is 7.11 Å². The molecule has 0 aromatic heterocycles. The summed E-state index contributed by atoms with van der Waals surface area (Å²) < 4.78 is 4.94. The van der Waals surface area contributed by atoms with Crippen LogP contribution in [0.25, 0.3) is 11.1 Å². The first-order valence-electron chi connectivity index (χ1n) is 12.9. The summed E-state index contributed by atoms with van der Waals surface area (Å²) in [6.07, 6.45) is 11.1. The van der Waals surface area contributed by atoms with Crippen LogP contribution in [0, 0.1) is 6.92 Å². The van der Waals surface area contributed by atoms with Crippen LogP contribution >= 0.6 is 11.8 Å². The summed E-state index contributed by atoms with van der Waals surface area (Å²) in [5.41, 5.74) is 6.34. The Morgan fingerprint density at radius 1 is 1.14 bits per heavy atom. The van der Waals surface area contributed by atoms with Crippen molar-refractivity contribution in [2.75, 3.05) is 32.7 Å². The molecule has 1 aliphatic carbocycles. The second-order valence-electron chi connectivity index (χ2n) is 9.62. The molecular weight excluding hydrogens is 475 g/mol. The summed E-state index contributed by atoms with van der Waals surface area (Å²) >= 11 is 1.64. The number of carbonyl (C=O) groups is 2. The molecule has 0 heterocycles. The van der Waals surface area contributed by atoms with Crippen LogP contribution in [0.15, 0.2) is 54.1 Å². The Labute approximate surface area is 239 Å². The fraction of sp³-hybridized carbons (Fsp3) is 0.467. The van der Waals surface area contributed by atoms with Crippen LogP contribution in [-0.4, -0.2) is 74.4 Å². The van der Waals surface area contributed by atoms with Crippen LogP contribution < -0.4 is 5.32 Å². The Morgan fingerprint density at radius 3 is 2.59 bits per heavy atom. The zero-order valence-electron chi connectivity index (χ0n) is 23.1. The molecule has 0 unspecified atom stereocenters. The van der Waals surface area contributed by atoms with Crippen molar-refractivity contribution in [3.63, 3.8) is 0 Å². The van der Waals surface area contributed by atoms with E-state index in [0.717, 1.165) is 47.5 Å². The largest absolute Gasteiger partial charge is 0.467 e. The number of ether oxygens (including phenoxy) is 1. The number of methoxy groups -OCH3 is 1. The van der Waals surface area contributed by atoms with Crippen LogP contribution in [0.1, 0.15) is 60.0 Å². The van der Waals surface area contributed by atoms with Gasteiger partial charge in [-0.3, -0.25) is 4.79 Å². The van der Waals surface area contributed by atoms with Crippen molar-refractivity contribution >= 4 is 42.5 Å². The van der Waals surface area contributed by atoms with Gasteiger partial charge in [-0.05, 0) is 98.9 Å². The summed E-state index contributed by atoms with van der Waals surface area (Å²) in [6.45, 7) is 3.89. The zero-order valence-corrected chi connectivity index (χ0v) is 24.0. The van der Waals surface area contributed by atoms with Gasteiger partial charge in [-0.25, -0.2) is 4.79 Å². The normalized spacial score (nSPS) is 13.9. The van der Waals surface area contributed by atoms with Crippen LogP contribution in [0.4, 0.5) is 0 Å². The molecule has 5 nitrogen and oxygen atoms in total. The van der Waals surface area contributed by atoms with E-state index in [4.69, 9.17) is 4.74 Å². The van der Waals surface area contributed by atoms with E-state index < -0.39 is 12.0 Å². The van der Waals surface area contributed by atoms with Crippen molar-refractivity contribution in [2.24, 2.45) is 0 Å². The van der Waals surface area contributed by atoms with E-state index >= 15 is 0 Å². The molecule has 2 aromatic rings. The predicted octanol–water partition coefficient (Wildman–Crippen LogP) is 5.63. The number of aryl methyl sites for hydroxylation is 1. The van der Waals surface area contributed by atoms with Gasteiger partial charge in [0, 0.05) is 37.5 Å². The molecule has 0 aliphatic heterocycles. The van der Waals surface area contributed by atoms with E-state index in [1.54, 1.807) is 17.3 Å². The fourth-order valence-corrected chi connectivity index (χ4v) is 5.18. The quantitative estimate of drug-likeness (QED) is 0.226. The number of rotatable bonds is 12. The van der Waals surface area contributed by atoms with E-state index in [2.05, 4.69) is 48.5 Å². The number of amides is 1. The van der Waals surface area contributed by atoms with Crippen molar-refractivity contribution in [2.45, 2.75) is 58.0 Å². The average Bonchev–Trinajstić information content (AvgIpc) is 2.90. The van der Waals surface area contributed by atoms with Crippen molar-refractivity contribution < 1.29 is 14.3 Å². The standard InChI is InChI=1S/C30H40N2O3S.Li/c1-22-10-8-9-13-25(22)27-20-24(21-32(2)18-16-23-11-6-5-7-12-23)14-15-26(27)29(33)31-28(17-19-36-4)30(34)35-3;/h8-11,13-15,20,28H,5-7,12,16-19,21H2,1-4H3,(H,31,33);/t28-;/m0./s1. The molecule has 7 heteroatoms. The van der Waals surface area contributed by atoms with E-state index in [-0.39, 0.29) is 24.8 Å². The van der Waals surface area contributed by atoms with Crippen LogP contribution in [0.3, 0.4) is 0 Å². The van der Waals surface area contributed by atoms with Crippen molar-refractivity contribution in [3.8, 4) is 11.1 Å². The van der Waals surface area contributed by atoms with Crippen molar-refractivity contribution in [3.05, 3.63) is 70.8 Å². The second-order valence-corrected chi connectivity index (χ2v) is 10.6. The maximum absolute atomic E-state index is 13.4. The number of carbonyl (C=O) groups excluding carboxylic acids is 2. The first kappa shape index (κ1) is 31.2. The first-order chi connectivity index (χ1) is 17.4. The third-order valence-electron chi connectivity index (χ3n) is 6.82. The maximum Gasteiger partial charge on any atom is 0.328 e. The summed E-state index contributed by atoms with van der Waals surface area (Å²) in [6, 6.07) is 13.5. The second kappa shape index (κ2) is 16.1. The molecule has 195 valence electrons. The van der Waals surface area contributed by atoms with Gasteiger partial charge >= 0.3 is 5.97 Å². The number of nitrogens with one attached hydrogen (secondary N) is 1. The average molecular weight is 516 g/mol. The Kier molecular flexibility index (Phi) is 13.6. The summed E-state index contributed by atoms with van der Waals surface area (Å²) in [5.74, 6) is 0.0856. The van der Waals surface area contributed by atoms with Crippen molar-refractivity contribution in [1.82, 2.24) is 10.2 Å². The van der Waals surface area contributed by atoms with E-state index in [1.165, 1.54) is 32.8 Å². The first-order valence-corrected chi connectivity index (χ1v) is 14.2. The molecule has 1 atom stereocenters. The minimum absolute atomic E-state index is 0. The van der Waals surface area contributed by atoms with Crippen molar-refractivity contribution in [1.29, 1.82) is 0 Å². The maximum atomic E-state index is 13.4. The van der Waals surface area contributed by atoms with E-state index in [1.807, 2.05) is 30.5 Å². The molecule has 1 amide bonds. The summed E-state index contributed by atoms with van der Waals surface area (Å²) in [4.78, 5) is 28.1. The van der Waals surface area contributed by atoms with E-state index in [9.17, 15) is 9.59 Å². The Balaban J connectivity index is 0.00000481. The molecule has 1 radical (unpaired) electrons. The van der Waals surface area contributed by atoms with E-state index in [0.29, 0.717) is 12.0 Å². The monoisotopic (exact) mass is 515 g/mol. The van der Waals surface area contributed by atoms with Gasteiger partial charge in [-0.1, -0.05) is 42.0 Å². The van der Waals surface area contributed by atoms with Gasteiger partial charge in [-0.15, -0.1) is 0 Å². The summed E-state index contributed by atoms with van der Waals surface area (Å²) in [7, 11) is 3.51. The molecule has 0 saturated heterocycles. The molecule has 0 fully saturated rings. The minimum atomic E-state index is -0.667. The van der Waals surface area contributed by atoms with Gasteiger partial charge in [0.2, 0.25) is 0 Å². The molecule has 0 bridgehead atoms. The van der Waals surface area contributed by atoms with Gasteiger partial charge in [0.15, 0.2) is 0 Å². The number of thioether (sulfide) groups is 1. The van der Waals surface area contributed by atoms with Crippen LogP contribution in [0.2, 0.25) is 0 Å². The van der Waals surface area contributed by atoms with Gasteiger partial charge in [-0.2, -0.15) is 11.8 Å². The summed E-state index contributed by atoms with van der Waals surface area (Å²) in [5, 5.41) is 2.92. The molecule has 0 saturated carbocycles. The minimum Gasteiger partial charge on any atom is -0.467 e. The van der Waals surface area contributed by atoms with Crippen LogP contribution in [-0.2, 0) is 16.1 Å². The number of nitrogens with zero attached hydrogens (tertiary/aromatic N) is 1. The Bertz CT molecular complexity index is 1070. The molecule has 1 aliphatic rings. The number of esters is 1. The molecular formula is C30H40LiN2O3S. The van der Waals surface area contributed by atoms with Gasteiger partial charge in [0.25, 0.3) is 5.91 Å². The Morgan fingerprint density at radius 2 is 1.92 bits per heavy atom. The number of hydrogen-bond acceptors (Lipinski definition) is 5. The smallest absolute Gasteiger partial charge is 0.328 e. The third kappa shape index (κ3) is 9.37. The van der Waals surface area contributed by atoms with Gasteiger partial charge < -0.3 is 15.0 Å². The zero-order chi connectivity index (χ0) is 25.9. The number of allylic oxidation sites excluding steroid dienone is 1. The molecule has 3 rings (SSSR count). The fourth-order valence-electron chi connectivity index (χ4n) is 4.71. The van der Waals surface area contributed by atoms with Gasteiger partial charge in [0.1, 0.15) is 6.04 Å².